The second-order valence-electron chi connectivity index (χ2n) is 6.88. The zero-order valence-corrected chi connectivity index (χ0v) is 15.2. The highest BCUT2D eigenvalue weighted by atomic mass is 16.7. The van der Waals surface area contributed by atoms with E-state index in [1.807, 2.05) is 35.1 Å². The Balaban J connectivity index is 1.46. The molecular formula is C20H26N2O4. The van der Waals surface area contributed by atoms with Crippen LogP contribution in [-0.2, 0) is 16.0 Å². The highest BCUT2D eigenvalue weighted by Crippen LogP contribution is 2.34. The van der Waals surface area contributed by atoms with Gasteiger partial charge in [0.05, 0.1) is 32.6 Å². The minimum absolute atomic E-state index is 0.195. The van der Waals surface area contributed by atoms with Crippen molar-refractivity contribution >= 4 is 0 Å². The molecule has 1 saturated heterocycles. The van der Waals surface area contributed by atoms with Gasteiger partial charge in [0, 0.05) is 24.8 Å². The van der Waals surface area contributed by atoms with Crippen LogP contribution in [-0.4, -0.2) is 43.0 Å². The molecule has 2 fully saturated rings. The average Bonchev–Trinajstić information content (AvgIpc) is 3.14. The molecular weight excluding hydrogens is 332 g/mol. The summed E-state index contributed by atoms with van der Waals surface area (Å²) in [4.78, 5) is 0. The summed E-state index contributed by atoms with van der Waals surface area (Å²) < 4.78 is 24.8. The molecule has 0 amide bonds. The number of ether oxygens (including phenoxy) is 4. The van der Waals surface area contributed by atoms with Gasteiger partial charge in [-0.05, 0) is 49.4 Å². The Bertz CT molecular complexity index is 720. The first-order valence-corrected chi connectivity index (χ1v) is 9.39. The van der Waals surface area contributed by atoms with E-state index in [2.05, 4.69) is 5.10 Å². The van der Waals surface area contributed by atoms with Gasteiger partial charge in [-0.2, -0.15) is 5.10 Å². The van der Waals surface area contributed by atoms with Crippen molar-refractivity contribution in [2.45, 2.75) is 38.5 Å². The second kappa shape index (κ2) is 8.10. The standard InChI is InChI=1S/C20H26N2O4/c1-23-18-7-6-16(13-19(18)26-20-3-2-11-25-20)17-8-9-21-22(17)10-12-24-14-15-4-5-15/h6-9,13,15,20H,2-5,10-12,14H2,1H3/t20-/m0/s1. The molecule has 0 spiro atoms. The van der Waals surface area contributed by atoms with Gasteiger partial charge < -0.3 is 18.9 Å². The normalized spacial score (nSPS) is 19.7. The van der Waals surface area contributed by atoms with E-state index in [1.54, 1.807) is 7.11 Å². The molecule has 1 aliphatic heterocycles. The van der Waals surface area contributed by atoms with Crippen LogP contribution in [0, 0.1) is 5.92 Å². The van der Waals surface area contributed by atoms with Gasteiger partial charge >= 0.3 is 0 Å². The number of benzene rings is 1. The van der Waals surface area contributed by atoms with E-state index in [0.717, 1.165) is 49.8 Å². The van der Waals surface area contributed by atoms with E-state index < -0.39 is 0 Å². The lowest BCUT2D eigenvalue weighted by molar-refractivity contribution is -0.0402. The van der Waals surface area contributed by atoms with E-state index in [9.17, 15) is 0 Å². The molecule has 1 aliphatic carbocycles. The summed E-state index contributed by atoms with van der Waals surface area (Å²) >= 11 is 0. The first kappa shape index (κ1) is 17.4. The Labute approximate surface area is 154 Å². The maximum atomic E-state index is 6.01. The van der Waals surface area contributed by atoms with Crippen LogP contribution in [0.5, 0.6) is 11.5 Å². The van der Waals surface area contributed by atoms with Gasteiger partial charge in [0.1, 0.15) is 0 Å². The predicted octanol–water partition coefficient (Wildman–Crippen LogP) is 3.50. The maximum absolute atomic E-state index is 6.01. The summed E-state index contributed by atoms with van der Waals surface area (Å²) in [6, 6.07) is 7.97. The van der Waals surface area contributed by atoms with E-state index in [0.29, 0.717) is 18.1 Å². The minimum Gasteiger partial charge on any atom is -0.493 e. The van der Waals surface area contributed by atoms with Crippen LogP contribution < -0.4 is 9.47 Å². The molecule has 1 aromatic carbocycles. The smallest absolute Gasteiger partial charge is 0.200 e. The van der Waals surface area contributed by atoms with Crippen molar-refractivity contribution < 1.29 is 18.9 Å². The largest absolute Gasteiger partial charge is 0.493 e. The number of hydrogen-bond donors (Lipinski definition) is 0. The Hall–Kier alpha value is -2.05. The van der Waals surface area contributed by atoms with Gasteiger partial charge in [-0.3, -0.25) is 4.68 Å². The fourth-order valence-electron chi connectivity index (χ4n) is 3.15. The van der Waals surface area contributed by atoms with Crippen LogP contribution in [0.1, 0.15) is 25.7 Å². The van der Waals surface area contributed by atoms with E-state index in [-0.39, 0.29) is 6.29 Å². The van der Waals surface area contributed by atoms with Crippen molar-refractivity contribution in [1.29, 1.82) is 0 Å². The summed E-state index contributed by atoms with van der Waals surface area (Å²) in [6.45, 7) is 3.04. The topological polar surface area (TPSA) is 54.7 Å². The van der Waals surface area contributed by atoms with Crippen LogP contribution in [0.15, 0.2) is 30.5 Å². The molecule has 0 radical (unpaired) electrons. The maximum Gasteiger partial charge on any atom is 0.200 e. The Morgan fingerprint density at radius 2 is 2.12 bits per heavy atom. The van der Waals surface area contributed by atoms with Crippen LogP contribution in [0.2, 0.25) is 0 Å². The third-order valence-corrected chi connectivity index (χ3v) is 4.82. The summed E-state index contributed by atoms with van der Waals surface area (Å²) in [5.74, 6) is 2.20. The summed E-state index contributed by atoms with van der Waals surface area (Å²) in [7, 11) is 1.65. The van der Waals surface area contributed by atoms with Gasteiger partial charge in [0.2, 0.25) is 0 Å². The molecule has 1 saturated carbocycles. The van der Waals surface area contributed by atoms with E-state index in [4.69, 9.17) is 18.9 Å². The van der Waals surface area contributed by atoms with Crippen molar-refractivity contribution in [2.24, 2.45) is 5.92 Å². The molecule has 2 aromatic rings. The third kappa shape index (κ3) is 4.19. The molecule has 26 heavy (non-hydrogen) atoms. The van der Waals surface area contributed by atoms with Crippen LogP contribution in [0.3, 0.4) is 0 Å². The number of aromatic nitrogens is 2. The van der Waals surface area contributed by atoms with Gasteiger partial charge in [0.15, 0.2) is 17.8 Å². The highest BCUT2D eigenvalue weighted by molar-refractivity contribution is 5.64. The third-order valence-electron chi connectivity index (χ3n) is 4.82. The monoisotopic (exact) mass is 358 g/mol. The van der Waals surface area contributed by atoms with Crippen molar-refractivity contribution in [1.82, 2.24) is 9.78 Å². The molecule has 140 valence electrons. The number of hydrogen-bond acceptors (Lipinski definition) is 5. The summed E-state index contributed by atoms with van der Waals surface area (Å²) in [5.41, 5.74) is 2.08. The van der Waals surface area contributed by atoms with Crippen molar-refractivity contribution in [3.63, 3.8) is 0 Å². The molecule has 0 unspecified atom stereocenters. The van der Waals surface area contributed by atoms with Crippen LogP contribution >= 0.6 is 0 Å². The minimum atomic E-state index is -0.195. The molecule has 0 bridgehead atoms. The molecule has 4 rings (SSSR count). The van der Waals surface area contributed by atoms with E-state index >= 15 is 0 Å². The molecule has 2 heterocycles. The fourth-order valence-corrected chi connectivity index (χ4v) is 3.15. The molecule has 1 aromatic heterocycles. The van der Waals surface area contributed by atoms with Gasteiger partial charge in [-0.15, -0.1) is 0 Å². The van der Waals surface area contributed by atoms with Gasteiger partial charge in [-0.1, -0.05) is 0 Å². The number of rotatable bonds is 9. The summed E-state index contributed by atoms with van der Waals surface area (Å²) in [5, 5.41) is 4.44. The average molecular weight is 358 g/mol. The number of nitrogens with zero attached hydrogens (tertiary/aromatic N) is 2. The van der Waals surface area contributed by atoms with Crippen molar-refractivity contribution in [2.75, 3.05) is 26.9 Å². The molecule has 1 atom stereocenters. The first-order valence-electron chi connectivity index (χ1n) is 9.39. The van der Waals surface area contributed by atoms with Gasteiger partial charge in [-0.25, -0.2) is 0 Å². The van der Waals surface area contributed by atoms with Crippen molar-refractivity contribution in [3.05, 3.63) is 30.5 Å². The van der Waals surface area contributed by atoms with Crippen LogP contribution in [0.25, 0.3) is 11.3 Å². The lowest BCUT2D eigenvalue weighted by atomic mass is 10.1. The zero-order chi connectivity index (χ0) is 17.8. The Kier molecular flexibility index (Phi) is 5.41. The quantitative estimate of drug-likeness (QED) is 0.642. The molecule has 0 N–H and O–H groups in total. The van der Waals surface area contributed by atoms with Gasteiger partial charge in [0.25, 0.3) is 0 Å². The van der Waals surface area contributed by atoms with Crippen LogP contribution in [0.4, 0.5) is 0 Å². The lowest BCUT2D eigenvalue weighted by Gasteiger charge is -2.17. The summed E-state index contributed by atoms with van der Waals surface area (Å²) in [6.07, 6.45) is 6.18. The highest BCUT2D eigenvalue weighted by Gasteiger charge is 2.21. The fraction of sp³-hybridized carbons (Fsp3) is 0.550. The first-order chi connectivity index (χ1) is 12.8. The SMILES string of the molecule is COc1ccc(-c2ccnn2CCOCC2CC2)cc1O[C@H]1CCCO1. The second-order valence-corrected chi connectivity index (χ2v) is 6.88. The molecule has 6 heteroatoms. The van der Waals surface area contributed by atoms with E-state index in [1.165, 1.54) is 12.8 Å². The number of methoxy groups -OCH3 is 1. The molecule has 2 aliphatic rings. The lowest BCUT2D eigenvalue weighted by Crippen LogP contribution is -2.14. The Morgan fingerprint density at radius 1 is 1.19 bits per heavy atom. The Morgan fingerprint density at radius 3 is 2.88 bits per heavy atom. The van der Waals surface area contributed by atoms with Crippen molar-refractivity contribution in [3.8, 4) is 22.8 Å². The molecule has 6 nitrogen and oxygen atoms in total. The zero-order valence-electron chi connectivity index (χ0n) is 15.2. The predicted molar refractivity (Wildman–Crippen MR) is 97.4 cm³/mol.